The molecule has 1 fully saturated rings. The van der Waals surface area contributed by atoms with Crippen LogP contribution in [0.5, 0.6) is 0 Å². The Morgan fingerprint density at radius 3 is 2.81 bits per heavy atom. The fourth-order valence-electron chi connectivity index (χ4n) is 3.58. The number of nitrogens with one attached hydrogen (secondary N) is 1. The molecule has 2 aromatic heterocycles. The van der Waals surface area contributed by atoms with Crippen molar-refractivity contribution in [3.63, 3.8) is 0 Å². The number of anilines is 1. The van der Waals surface area contributed by atoms with E-state index in [1.54, 1.807) is 30.4 Å². The number of aliphatic hydroxyl groups excluding tert-OH is 1. The molecule has 1 amide bonds. The van der Waals surface area contributed by atoms with Crippen LogP contribution in [-0.4, -0.2) is 46.7 Å². The third kappa shape index (κ3) is 5.23. The molecule has 31 heavy (non-hydrogen) atoms. The number of hydrogen-bond donors (Lipinski definition) is 2. The second kappa shape index (κ2) is 9.77. The van der Waals surface area contributed by atoms with Crippen LogP contribution in [-0.2, 0) is 0 Å². The normalized spacial score (nSPS) is 15.0. The van der Waals surface area contributed by atoms with E-state index in [4.69, 9.17) is 16.6 Å². The zero-order valence-electron chi connectivity index (χ0n) is 17.3. The Kier molecular flexibility index (Phi) is 6.85. The van der Waals surface area contributed by atoms with Crippen molar-refractivity contribution in [2.24, 2.45) is 0 Å². The van der Waals surface area contributed by atoms with Gasteiger partial charge in [-0.15, -0.1) is 11.3 Å². The number of amides is 1. The molecule has 0 aliphatic carbocycles. The molecule has 3 aromatic rings. The molecule has 1 saturated heterocycles. The van der Waals surface area contributed by atoms with E-state index in [0.29, 0.717) is 10.6 Å². The summed E-state index contributed by atoms with van der Waals surface area (Å²) in [6, 6.07) is 9.25. The quantitative estimate of drug-likeness (QED) is 0.565. The predicted octanol–water partition coefficient (Wildman–Crippen LogP) is 4.63. The number of halogens is 1. The summed E-state index contributed by atoms with van der Waals surface area (Å²) in [5.74, 6) is 0.731. The molecule has 1 aliphatic heterocycles. The molecule has 0 radical (unpaired) electrons. The molecule has 162 valence electrons. The fourth-order valence-corrected chi connectivity index (χ4v) is 4.68. The highest BCUT2D eigenvalue weighted by Gasteiger charge is 2.16. The molecule has 3 heterocycles. The van der Waals surface area contributed by atoms with Gasteiger partial charge in [0.05, 0.1) is 16.8 Å². The first-order valence-electron chi connectivity index (χ1n) is 10.4. The van der Waals surface area contributed by atoms with Gasteiger partial charge >= 0.3 is 0 Å². The van der Waals surface area contributed by atoms with Gasteiger partial charge in [-0.3, -0.25) is 4.79 Å². The Balaban J connectivity index is 1.53. The molecule has 6 nitrogen and oxygen atoms in total. The van der Waals surface area contributed by atoms with Crippen LogP contribution in [0.15, 0.2) is 41.9 Å². The van der Waals surface area contributed by atoms with Crippen molar-refractivity contribution < 1.29 is 9.90 Å². The number of hydrogen-bond acceptors (Lipinski definition) is 6. The van der Waals surface area contributed by atoms with Gasteiger partial charge in [-0.25, -0.2) is 9.97 Å². The number of pyridine rings is 1. The van der Waals surface area contributed by atoms with Gasteiger partial charge in [0.25, 0.3) is 5.91 Å². The lowest BCUT2D eigenvalue weighted by molar-refractivity contribution is 0.0924. The minimum absolute atomic E-state index is 0.193. The van der Waals surface area contributed by atoms with Gasteiger partial charge in [-0.05, 0) is 50.5 Å². The van der Waals surface area contributed by atoms with Crippen molar-refractivity contribution in [1.82, 2.24) is 15.3 Å². The summed E-state index contributed by atoms with van der Waals surface area (Å²) in [5.41, 5.74) is 3.04. The highest BCUT2D eigenvalue weighted by Crippen LogP contribution is 2.34. The van der Waals surface area contributed by atoms with Crippen molar-refractivity contribution in [2.75, 3.05) is 24.5 Å². The topological polar surface area (TPSA) is 78.3 Å². The number of aliphatic hydroxyl groups is 1. The SMILES string of the molecule is CC(O)CNC(=O)c1ccc(-c2csc(-c3ccnc(N4CCCCC4)c3)n2)c(Cl)c1. The molecule has 2 N–H and O–H groups in total. The van der Waals surface area contributed by atoms with E-state index in [-0.39, 0.29) is 12.5 Å². The lowest BCUT2D eigenvalue weighted by Gasteiger charge is -2.27. The maximum atomic E-state index is 12.2. The van der Waals surface area contributed by atoms with E-state index in [9.17, 15) is 9.90 Å². The molecule has 1 aromatic carbocycles. The van der Waals surface area contributed by atoms with Gasteiger partial charge in [0.15, 0.2) is 0 Å². The number of aromatic nitrogens is 2. The number of piperidine rings is 1. The average Bonchev–Trinajstić information content (AvgIpc) is 3.28. The Morgan fingerprint density at radius 2 is 2.06 bits per heavy atom. The van der Waals surface area contributed by atoms with Crippen LogP contribution in [0.3, 0.4) is 0 Å². The summed E-state index contributed by atoms with van der Waals surface area (Å²) in [6.07, 6.45) is 4.94. The highest BCUT2D eigenvalue weighted by molar-refractivity contribution is 7.13. The Bertz CT molecular complexity index is 1060. The molecule has 0 spiro atoms. The lowest BCUT2D eigenvalue weighted by Crippen LogP contribution is -2.30. The van der Waals surface area contributed by atoms with Crippen LogP contribution in [0.25, 0.3) is 21.8 Å². The third-order valence-corrected chi connectivity index (χ3v) is 6.45. The maximum absolute atomic E-state index is 12.2. The largest absolute Gasteiger partial charge is 0.392 e. The standard InChI is InChI=1S/C23H25ClN4O2S/c1-15(29)13-26-22(30)16-5-6-18(19(24)11-16)20-14-31-23(27-20)17-7-8-25-21(12-17)28-9-3-2-4-10-28/h5-8,11-12,14-15,29H,2-4,9-10,13H2,1H3,(H,26,30). The Hall–Kier alpha value is -2.48. The monoisotopic (exact) mass is 456 g/mol. The summed E-state index contributed by atoms with van der Waals surface area (Å²) in [7, 11) is 0. The van der Waals surface area contributed by atoms with Crippen LogP contribution in [0.2, 0.25) is 5.02 Å². The molecule has 8 heteroatoms. The zero-order valence-corrected chi connectivity index (χ0v) is 18.9. The molecule has 1 aliphatic rings. The van der Waals surface area contributed by atoms with E-state index >= 15 is 0 Å². The van der Waals surface area contributed by atoms with Crippen molar-refractivity contribution in [2.45, 2.75) is 32.3 Å². The number of carbonyl (C=O) groups excluding carboxylic acids is 1. The zero-order chi connectivity index (χ0) is 21.8. The van der Waals surface area contributed by atoms with Gasteiger partial charge in [-0.2, -0.15) is 0 Å². The summed E-state index contributed by atoms with van der Waals surface area (Å²) >= 11 is 8.03. The first kappa shape index (κ1) is 21.7. The van der Waals surface area contributed by atoms with Crippen molar-refractivity contribution in [3.8, 4) is 21.8 Å². The molecule has 1 unspecified atom stereocenters. The van der Waals surface area contributed by atoms with Gasteiger partial charge in [0.2, 0.25) is 0 Å². The van der Waals surface area contributed by atoms with Crippen molar-refractivity contribution >= 4 is 34.7 Å². The summed E-state index contributed by atoms with van der Waals surface area (Å²) in [5, 5.41) is 15.3. The van der Waals surface area contributed by atoms with Crippen LogP contribution < -0.4 is 10.2 Å². The second-order valence-corrected chi connectivity index (χ2v) is 9.01. The molecular formula is C23H25ClN4O2S. The number of carbonyl (C=O) groups is 1. The number of nitrogens with zero attached hydrogens (tertiary/aromatic N) is 3. The number of thiazole rings is 1. The average molecular weight is 457 g/mol. The number of benzene rings is 1. The highest BCUT2D eigenvalue weighted by atomic mass is 35.5. The molecule has 0 saturated carbocycles. The summed E-state index contributed by atoms with van der Waals surface area (Å²) < 4.78 is 0. The van der Waals surface area contributed by atoms with Crippen LogP contribution in [0.1, 0.15) is 36.5 Å². The van der Waals surface area contributed by atoms with Gasteiger partial charge in [0, 0.05) is 47.9 Å². The lowest BCUT2D eigenvalue weighted by atomic mass is 10.1. The molecular weight excluding hydrogens is 432 g/mol. The number of rotatable bonds is 6. The van der Waals surface area contributed by atoms with E-state index < -0.39 is 6.10 Å². The minimum atomic E-state index is -0.601. The van der Waals surface area contributed by atoms with Gasteiger partial charge in [-0.1, -0.05) is 17.7 Å². The first-order valence-corrected chi connectivity index (χ1v) is 11.7. The summed E-state index contributed by atoms with van der Waals surface area (Å²) in [6.45, 7) is 3.91. The van der Waals surface area contributed by atoms with Gasteiger partial charge < -0.3 is 15.3 Å². The maximum Gasteiger partial charge on any atom is 0.251 e. The fraction of sp³-hybridized carbons (Fsp3) is 0.348. The third-order valence-electron chi connectivity index (χ3n) is 5.24. The molecule has 0 bridgehead atoms. The Labute approximate surface area is 190 Å². The van der Waals surface area contributed by atoms with E-state index in [1.165, 1.54) is 19.3 Å². The van der Waals surface area contributed by atoms with Gasteiger partial charge in [0.1, 0.15) is 10.8 Å². The van der Waals surface area contributed by atoms with E-state index in [1.807, 2.05) is 23.7 Å². The second-order valence-electron chi connectivity index (χ2n) is 7.74. The smallest absolute Gasteiger partial charge is 0.251 e. The van der Waals surface area contributed by atoms with E-state index in [0.717, 1.165) is 40.7 Å². The first-order chi connectivity index (χ1) is 15.0. The summed E-state index contributed by atoms with van der Waals surface area (Å²) in [4.78, 5) is 23.9. The minimum Gasteiger partial charge on any atom is -0.392 e. The van der Waals surface area contributed by atoms with Crippen LogP contribution in [0, 0.1) is 0 Å². The van der Waals surface area contributed by atoms with Crippen LogP contribution in [0.4, 0.5) is 5.82 Å². The van der Waals surface area contributed by atoms with Crippen LogP contribution >= 0.6 is 22.9 Å². The molecule has 1 atom stereocenters. The Morgan fingerprint density at radius 1 is 1.26 bits per heavy atom. The van der Waals surface area contributed by atoms with Crippen molar-refractivity contribution in [3.05, 3.63) is 52.5 Å². The van der Waals surface area contributed by atoms with E-state index in [2.05, 4.69) is 21.3 Å². The predicted molar refractivity (Wildman–Crippen MR) is 126 cm³/mol. The molecule has 4 rings (SSSR count). The van der Waals surface area contributed by atoms with Crippen molar-refractivity contribution in [1.29, 1.82) is 0 Å².